The van der Waals surface area contributed by atoms with Crippen molar-refractivity contribution < 1.29 is 18.7 Å². The highest BCUT2D eigenvalue weighted by Gasteiger charge is 2.15. The summed E-state index contributed by atoms with van der Waals surface area (Å²) in [6.07, 6.45) is 2.42. The zero-order valence-electron chi connectivity index (χ0n) is 20.3. The number of carbonyl (C=O) groups is 2. The molecular formula is C27H20N6O4S. The predicted octanol–water partition coefficient (Wildman–Crippen LogP) is 5.91. The van der Waals surface area contributed by atoms with Crippen molar-refractivity contribution in [2.45, 2.75) is 19.8 Å². The summed E-state index contributed by atoms with van der Waals surface area (Å²) in [5, 5.41) is 15.1. The van der Waals surface area contributed by atoms with Gasteiger partial charge in [0.25, 0.3) is 11.8 Å². The SMILES string of the molecule is Cc1ccc(NC(=O)c2cccc(C(C)C#N)c2)cc1Oc1ccc2nc(NC(=O)c3cocn3)sc2n1. The number of rotatable bonds is 7. The molecule has 38 heavy (non-hydrogen) atoms. The van der Waals surface area contributed by atoms with Gasteiger partial charge in [0.1, 0.15) is 22.4 Å². The van der Waals surface area contributed by atoms with Gasteiger partial charge in [0.15, 0.2) is 17.2 Å². The number of benzene rings is 2. The van der Waals surface area contributed by atoms with E-state index < -0.39 is 5.91 Å². The fraction of sp³-hybridized carbons (Fsp3) is 0.111. The van der Waals surface area contributed by atoms with Crippen LogP contribution in [-0.2, 0) is 0 Å². The Bertz CT molecular complexity index is 1690. The van der Waals surface area contributed by atoms with E-state index in [0.29, 0.717) is 38.4 Å². The number of nitrogens with one attached hydrogen (secondary N) is 2. The highest BCUT2D eigenvalue weighted by molar-refractivity contribution is 7.22. The average molecular weight is 525 g/mol. The van der Waals surface area contributed by atoms with Crippen molar-refractivity contribution in [3.05, 3.63) is 89.6 Å². The van der Waals surface area contributed by atoms with Crippen molar-refractivity contribution in [1.82, 2.24) is 15.0 Å². The van der Waals surface area contributed by atoms with E-state index in [9.17, 15) is 9.59 Å². The number of carbonyl (C=O) groups excluding carboxylic acids is 2. The zero-order chi connectivity index (χ0) is 26.6. The van der Waals surface area contributed by atoms with Crippen LogP contribution < -0.4 is 15.4 Å². The van der Waals surface area contributed by atoms with Crippen LogP contribution in [0.5, 0.6) is 11.6 Å². The van der Waals surface area contributed by atoms with Gasteiger partial charge in [0, 0.05) is 23.4 Å². The van der Waals surface area contributed by atoms with Gasteiger partial charge in [-0.15, -0.1) is 0 Å². The van der Waals surface area contributed by atoms with Crippen molar-refractivity contribution in [1.29, 1.82) is 5.26 Å². The summed E-state index contributed by atoms with van der Waals surface area (Å²) in [7, 11) is 0. The second-order valence-electron chi connectivity index (χ2n) is 8.33. The fourth-order valence-electron chi connectivity index (χ4n) is 3.52. The number of ether oxygens (including phenoxy) is 1. The van der Waals surface area contributed by atoms with Crippen LogP contribution in [0.4, 0.5) is 10.8 Å². The van der Waals surface area contributed by atoms with Crippen LogP contribution in [0.3, 0.4) is 0 Å². The van der Waals surface area contributed by atoms with Gasteiger partial charge in [-0.25, -0.2) is 15.0 Å². The molecule has 11 heteroatoms. The number of aryl methyl sites for hydroxylation is 1. The summed E-state index contributed by atoms with van der Waals surface area (Å²) in [4.78, 5) is 38.3. The first kappa shape index (κ1) is 24.6. The van der Waals surface area contributed by atoms with Crippen molar-refractivity contribution >= 4 is 44.3 Å². The van der Waals surface area contributed by atoms with Gasteiger partial charge >= 0.3 is 0 Å². The highest BCUT2D eigenvalue weighted by Crippen LogP contribution is 2.31. The third-order valence-corrected chi connectivity index (χ3v) is 6.50. The van der Waals surface area contributed by atoms with E-state index in [1.807, 2.05) is 19.1 Å². The lowest BCUT2D eigenvalue weighted by atomic mass is 10.0. The molecule has 3 aromatic heterocycles. The number of nitrogens with zero attached hydrogens (tertiary/aromatic N) is 4. The van der Waals surface area contributed by atoms with E-state index in [1.54, 1.807) is 49.4 Å². The van der Waals surface area contributed by atoms with Crippen molar-refractivity contribution in [2.75, 3.05) is 10.6 Å². The number of fused-ring (bicyclic) bond motifs is 1. The lowest BCUT2D eigenvalue weighted by molar-refractivity contribution is 0.101. The molecule has 0 aliphatic rings. The number of oxazole rings is 1. The number of nitriles is 1. The van der Waals surface area contributed by atoms with Crippen LogP contribution >= 0.6 is 11.3 Å². The monoisotopic (exact) mass is 524 g/mol. The largest absolute Gasteiger partial charge is 0.451 e. The van der Waals surface area contributed by atoms with Crippen molar-refractivity contribution in [3.63, 3.8) is 0 Å². The van der Waals surface area contributed by atoms with Gasteiger partial charge in [0.05, 0.1) is 12.0 Å². The third kappa shape index (κ3) is 5.35. The third-order valence-electron chi connectivity index (χ3n) is 5.62. The molecule has 188 valence electrons. The fourth-order valence-corrected chi connectivity index (χ4v) is 4.35. The second-order valence-corrected chi connectivity index (χ2v) is 9.31. The number of aromatic nitrogens is 3. The Labute approximate surface area is 220 Å². The number of pyridine rings is 1. The van der Waals surface area contributed by atoms with Crippen LogP contribution in [0.2, 0.25) is 0 Å². The summed E-state index contributed by atoms with van der Waals surface area (Å²) >= 11 is 1.20. The molecule has 0 spiro atoms. The smallest absolute Gasteiger partial charge is 0.279 e. The molecule has 1 unspecified atom stereocenters. The van der Waals surface area contributed by atoms with Gasteiger partial charge in [-0.05, 0) is 49.2 Å². The molecule has 0 saturated carbocycles. The van der Waals surface area contributed by atoms with E-state index >= 15 is 0 Å². The summed E-state index contributed by atoms with van der Waals surface area (Å²) in [5.74, 6) is -0.191. The Balaban J connectivity index is 1.31. The van der Waals surface area contributed by atoms with Gasteiger partial charge in [-0.2, -0.15) is 5.26 Å². The number of hydrogen-bond donors (Lipinski definition) is 2. The molecule has 2 N–H and O–H groups in total. The maximum atomic E-state index is 12.8. The normalized spacial score (nSPS) is 11.5. The molecule has 2 aromatic carbocycles. The number of thiazole rings is 1. The van der Waals surface area contributed by atoms with Gasteiger partial charge in [-0.1, -0.05) is 29.5 Å². The molecule has 5 aromatic rings. The molecular weight excluding hydrogens is 504 g/mol. The van der Waals surface area contributed by atoms with Gasteiger partial charge in [0.2, 0.25) is 5.88 Å². The predicted molar refractivity (Wildman–Crippen MR) is 142 cm³/mol. The summed E-state index contributed by atoms with van der Waals surface area (Å²) in [6.45, 7) is 3.67. The Morgan fingerprint density at radius 2 is 1.95 bits per heavy atom. The Morgan fingerprint density at radius 3 is 2.74 bits per heavy atom. The zero-order valence-corrected chi connectivity index (χ0v) is 21.1. The summed E-state index contributed by atoms with van der Waals surface area (Å²) in [5.41, 5.74) is 3.37. The first-order chi connectivity index (χ1) is 18.4. The van der Waals surface area contributed by atoms with Crippen molar-refractivity contribution in [2.24, 2.45) is 0 Å². The lowest BCUT2D eigenvalue weighted by Gasteiger charge is -2.12. The van der Waals surface area contributed by atoms with E-state index in [4.69, 9.17) is 14.4 Å². The van der Waals surface area contributed by atoms with Crippen LogP contribution in [0.15, 0.2) is 71.7 Å². The molecule has 3 heterocycles. The molecule has 0 fully saturated rings. The van der Waals surface area contributed by atoms with E-state index in [0.717, 1.165) is 11.1 Å². The molecule has 0 saturated heterocycles. The van der Waals surface area contributed by atoms with E-state index in [-0.39, 0.29) is 17.5 Å². The molecule has 0 aliphatic heterocycles. The summed E-state index contributed by atoms with van der Waals surface area (Å²) in [6, 6.07) is 17.9. The lowest BCUT2D eigenvalue weighted by Crippen LogP contribution is -2.12. The van der Waals surface area contributed by atoms with Crippen LogP contribution in [0.25, 0.3) is 10.3 Å². The first-order valence-corrected chi connectivity index (χ1v) is 12.3. The molecule has 0 bridgehead atoms. The minimum Gasteiger partial charge on any atom is -0.451 e. The molecule has 0 aliphatic carbocycles. The average Bonchev–Trinajstić information content (AvgIpc) is 3.60. The Morgan fingerprint density at radius 1 is 1.08 bits per heavy atom. The molecule has 5 rings (SSSR count). The summed E-state index contributed by atoms with van der Waals surface area (Å²) < 4.78 is 10.9. The van der Waals surface area contributed by atoms with E-state index in [1.165, 1.54) is 24.0 Å². The number of hydrogen-bond acceptors (Lipinski definition) is 9. The second kappa shape index (κ2) is 10.5. The first-order valence-electron chi connectivity index (χ1n) is 11.5. The number of amides is 2. The maximum Gasteiger partial charge on any atom is 0.279 e. The van der Waals surface area contributed by atoms with Crippen molar-refractivity contribution in [3.8, 4) is 17.7 Å². The molecule has 10 nitrogen and oxygen atoms in total. The minimum atomic E-state index is -0.435. The van der Waals surface area contributed by atoms with Gasteiger partial charge < -0.3 is 14.5 Å². The standard InChI is InChI=1S/C27H20N6O4S/c1-15-6-7-19(30-24(34)18-5-3-4-17(10-18)16(2)12-28)11-22(15)37-23-9-8-20-26(32-23)38-27(31-20)33-25(35)21-13-36-14-29-21/h3-11,13-14,16H,1-2H3,(H,30,34)(H,31,33,35). The van der Waals surface area contributed by atoms with Gasteiger partial charge in [-0.3, -0.25) is 14.9 Å². The Kier molecular flexibility index (Phi) is 6.80. The van der Waals surface area contributed by atoms with Crippen LogP contribution in [-0.4, -0.2) is 26.8 Å². The molecule has 0 radical (unpaired) electrons. The highest BCUT2D eigenvalue weighted by atomic mass is 32.1. The van der Waals surface area contributed by atoms with Crippen LogP contribution in [0.1, 0.15) is 44.8 Å². The maximum absolute atomic E-state index is 12.8. The van der Waals surface area contributed by atoms with E-state index in [2.05, 4.69) is 31.7 Å². The molecule has 1 atom stereocenters. The number of anilines is 2. The molecule has 2 amide bonds. The quantitative estimate of drug-likeness (QED) is 0.267. The minimum absolute atomic E-state index is 0.146. The van der Waals surface area contributed by atoms with Crippen LogP contribution in [0, 0.1) is 18.3 Å². The topological polar surface area (TPSA) is 143 Å². The Hall–Kier alpha value is -5.08.